The number of benzene rings is 2. The van der Waals surface area contributed by atoms with Crippen LogP contribution in [0.25, 0.3) is 17.1 Å². The van der Waals surface area contributed by atoms with Crippen LogP contribution in [0.5, 0.6) is 0 Å². The van der Waals surface area contributed by atoms with Crippen molar-refractivity contribution in [3.8, 4) is 17.1 Å². The molecule has 26 heavy (non-hydrogen) atoms. The third kappa shape index (κ3) is 3.92. The summed E-state index contributed by atoms with van der Waals surface area (Å²) >= 11 is 7.67. The van der Waals surface area contributed by atoms with E-state index in [1.54, 1.807) is 13.8 Å². The molecule has 0 amide bonds. The van der Waals surface area contributed by atoms with Gasteiger partial charge in [0.05, 0.1) is 11.6 Å². The van der Waals surface area contributed by atoms with Gasteiger partial charge < -0.3 is 4.74 Å². The van der Waals surface area contributed by atoms with E-state index >= 15 is 0 Å². The van der Waals surface area contributed by atoms with Crippen LogP contribution in [0.2, 0.25) is 5.02 Å². The van der Waals surface area contributed by atoms with Gasteiger partial charge in [0.1, 0.15) is 5.25 Å². The van der Waals surface area contributed by atoms with Crippen LogP contribution in [0.3, 0.4) is 0 Å². The second-order valence-corrected chi connectivity index (χ2v) is 7.18. The quantitative estimate of drug-likeness (QED) is 0.456. The van der Waals surface area contributed by atoms with Crippen molar-refractivity contribution in [2.45, 2.75) is 24.3 Å². The Morgan fingerprint density at radius 1 is 1.15 bits per heavy atom. The lowest BCUT2D eigenvalue weighted by molar-refractivity contribution is -0.142. The Morgan fingerprint density at radius 3 is 2.54 bits per heavy atom. The zero-order valence-electron chi connectivity index (χ0n) is 14.4. The number of thioether (sulfide) groups is 1. The van der Waals surface area contributed by atoms with Gasteiger partial charge in [0, 0.05) is 11.3 Å². The van der Waals surface area contributed by atoms with E-state index in [9.17, 15) is 4.79 Å². The minimum Gasteiger partial charge on any atom is -0.465 e. The lowest BCUT2D eigenvalue weighted by Gasteiger charge is -2.13. The molecule has 0 spiro atoms. The fourth-order valence-electron chi connectivity index (χ4n) is 2.44. The Hall–Kier alpha value is -2.31. The highest BCUT2D eigenvalue weighted by Crippen LogP contribution is 2.33. The van der Waals surface area contributed by atoms with Crippen LogP contribution in [-0.2, 0) is 9.53 Å². The third-order valence-electron chi connectivity index (χ3n) is 3.66. The number of aromatic nitrogens is 3. The largest absolute Gasteiger partial charge is 0.465 e. The molecule has 0 bridgehead atoms. The van der Waals surface area contributed by atoms with Crippen LogP contribution in [0.4, 0.5) is 0 Å². The summed E-state index contributed by atoms with van der Waals surface area (Å²) in [5.74, 6) is 0.347. The molecule has 3 rings (SSSR count). The average Bonchev–Trinajstić information content (AvgIpc) is 3.06. The predicted octanol–water partition coefficient (Wildman–Crippen LogP) is 4.63. The van der Waals surface area contributed by atoms with Gasteiger partial charge in [-0.2, -0.15) is 0 Å². The summed E-state index contributed by atoms with van der Waals surface area (Å²) < 4.78 is 7.00. The molecule has 0 fully saturated rings. The summed E-state index contributed by atoms with van der Waals surface area (Å²) in [6.07, 6.45) is 0. The molecule has 3 aromatic rings. The summed E-state index contributed by atoms with van der Waals surface area (Å²) in [5.41, 5.74) is 1.67. The summed E-state index contributed by atoms with van der Waals surface area (Å²) in [4.78, 5) is 12.0. The van der Waals surface area contributed by atoms with Gasteiger partial charge in [-0.3, -0.25) is 9.36 Å². The number of carbonyl (C=O) groups excluding carboxylic acids is 1. The van der Waals surface area contributed by atoms with Crippen LogP contribution in [0, 0.1) is 0 Å². The molecule has 0 radical (unpaired) electrons. The number of hydrogen-bond acceptors (Lipinski definition) is 5. The number of halogens is 1. The number of nitrogens with zero attached hydrogens (tertiary/aromatic N) is 3. The molecule has 0 aliphatic heterocycles. The Bertz CT molecular complexity index is 899. The number of hydrogen-bond donors (Lipinski definition) is 0. The predicted molar refractivity (Wildman–Crippen MR) is 104 cm³/mol. The van der Waals surface area contributed by atoms with E-state index in [4.69, 9.17) is 16.3 Å². The Morgan fingerprint density at radius 2 is 1.85 bits per heavy atom. The summed E-state index contributed by atoms with van der Waals surface area (Å²) in [5, 5.41) is 9.43. The zero-order valence-corrected chi connectivity index (χ0v) is 16.0. The van der Waals surface area contributed by atoms with Crippen molar-refractivity contribution >= 4 is 29.3 Å². The normalized spacial score (nSPS) is 12.0. The highest BCUT2D eigenvalue weighted by molar-refractivity contribution is 8.00. The van der Waals surface area contributed by atoms with Gasteiger partial charge in [0.15, 0.2) is 11.0 Å². The van der Waals surface area contributed by atoms with Crippen molar-refractivity contribution in [2.75, 3.05) is 6.61 Å². The number of esters is 1. The lowest BCUT2D eigenvalue weighted by Crippen LogP contribution is -2.17. The first-order valence-corrected chi connectivity index (χ1v) is 9.46. The van der Waals surface area contributed by atoms with Gasteiger partial charge in [0.2, 0.25) is 0 Å². The molecule has 2 aromatic carbocycles. The molecule has 0 saturated carbocycles. The first kappa shape index (κ1) is 18.5. The number of rotatable bonds is 6. The van der Waals surface area contributed by atoms with Crippen LogP contribution >= 0.6 is 23.4 Å². The van der Waals surface area contributed by atoms with Crippen molar-refractivity contribution < 1.29 is 9.53 Å². The summed E-state index contributed by atoms with van der Waals surface area (Å²) in [6.45, 7) is 3.93. The van der Waals surface area contributed by atoms with Gasteiger partial charge in [-0.05, 0) is 38.1 Å². The second-order valence-electron chi connectivity index (χ2n) is 5.47. The molecule has 0 aliphatic rings. The van der Waals surface area contributed by atoms with E-state index in [0.717, 1.165) is 11.3 Å². The molecule has 0 aliphatic carbocycles. The van der Waals surface area contributed by atoms with Crippen LogP contribution in [-0.4, -0.2) is 32.6 Å². The van der Waals surface area contributed by atoms with Crippen LogP contribution in [0.15, 0.2) is 59.8 Å². The highest BCUT2D eigenvalue weighted by Gasteiger charge is 2.23. The molecule has 0 saturated heterocycles. The lowest BCUT2D eigenvalue weighted by atomic mass is 10.2. The first-order chi connectivity index (χ1) is 12.6. The zero-order chi connectivity index (χ0) is 18.5. The first-order valence-electron chi connectivity index (χ1n) is 8.20. The maximum absolute atomic E-state index is 12.0. The smallest absolute Gasteiger partial charge is 0.319 e. The van der Waals surface area contributed by atoms with Gasteiger partial charge in [0.25, 0.3) is 0 Å². The maximum Gasteiger partial charge on any atom is 0.319 e. The van der Waals surface area contributed by atoms with E-state index in [2.05, 4.69) is 10.2 Å². The molecule has 134 valence electrons. The molecule has 7 heteroatoms. The van der Waals surface area contributed by atoms with Crippen molar-refractivity contribution in [2.24, 2.45) is 0 Å². The molecule has 1 atom stereocenters. The maximum atomic E-state index is 12.0. The molecule has 1 unspecified atom stereocenters. The minimum absolute atomic E-state index is 0.278. The Labute approximate surface area is 161 Å². The van der Waals surface area contributed by atoms with Crippen molar-refractivity contribution in [1.29, 1.82) is 0 Å². The topological polar surface area (TPSA) is 57.0 Å². The van der Waals surface area contributed by atoms with E-state index in [-0.39, 0.29) is 5.97 Å². The third-order valence-corrected chi connectivity index (χ3v) is 5.01. The van der Waals surface area contributed by atoms with Gasteiger partial charge in [-0.25, -0.2) is 0 Å². The second kappa shape index (κ2) is 8.38. The van der Waals surface area contributed by atoms with Crippen LogP contribution in [0.1, 0.15) is 13.8 Å². The molecule has 1 heterocycles. The number of para-hydroxylation sites is 1. The fraction of sp³-hybridized carbons (Fsp3) is 0.211. The number of ether oxygens (including phenoxy) is 1. The number of carbonyl (C=O) groups is 1. The van der Waals surface area contributed by atoms with E-state index < -0.39 is 5.25 Å². The Balaban J connectivity index is 2.06. The van der Waals surface area contributed by atoms with E-state index in [1.165, 1.54) is 11.8 Å². The standard InChI is InChI=1S/C19H18ClN3O2S/c1-3-25-18(24)13(2)26-19-22-21-17(15-11-7-8-12-16(15)20)23(19)14-9-5-4-6-10-14/h4-13H,3H2,1-2H3. The van der Waals surface area contributed by atoms with E-state index in [0.29, 0.717) is 22.6 Å². The molecular formula is C19H18ClN3O2S. The van der Waals surface area contributed by atoms with Gasteiger partial charge in [-0.15, -0.1) is 10.2 Å². The minimum atomic E-state index is -0.402. The van der Waals surface area contributed by atoms with Gasteiger partial charge in [-0.1, -0.05) is 53.7 Å². The summed E-state index contributed by atoms with van der Waals surface area (Å²) in [7, 11) is 0. The fourth-order valence-corrected chi connectivity index (χ4v) is 3.52. The van der Waals surface area contributed by atoms with Crippen LogP contribution < -0.4 is 0 Å². The van der Waals surface area contributed by atoms with Crippen molar-refractivity contribution in [3.63, 3.8) is 0 Å². The molecular weight excluding hydrogens is 370 g/mol. The van der Waals surface area contributed by atoms with E-state index in [1.807, 2.05) is 59.2 Å². The SMILES string of the molecule is CCOC(=O)C(C)Sc1nnc(-c2ccccc2Cl)n1-c1ccccc1. The Kier molecular flexibility index (Phi) is 5.96. The summed E-state index contributed by atoms with van der Waals surface area (Å²) in [6, 6.07) is 17.2. The van der Waals surface area contributed by atoms with Crippen molar-refractivity contribution in [1.82, 2.24) is 14.8 Å². The molecule has 0 N–H and O–H groups in total. The molecule has 5 nitrogen and oxygen atoms in total. The highest BCUT2D eigenvalue weighted by atomic mass is 35.5. The monoisotopic (exact) mass is 387 g/mol. The molecule has 1 aromatic heterocycles. The van der Waals surface area contributed by atoms with Gasteiger partial charge >= 0.3 is 5.97 Å². The van der Waals surface area contributed by atoms with Crippen molar-refractivity contribution in [3.05, 3.63) is 59.6 Å². The average molecular weight is 388 g/mol.